The number of nitrogens with two attached hydrogens (primary N) is 1. The van der Waals surface area contributed by atoms with Crippen LogP contribution >= 0.6 is 0 Å². The van der Waals surface area contributed by atoms with Crippen LogP contribution < -0.4 is 20.5 Å². The molecule has 29 heavy (non-hydrogen) atoms. The number of carbonyl (C=O) groups is 1. The maximum absolute atomic E-state index is 12.1. The number of amides is 1. The second-order valence-electron chi connectivity index (χ2n) is 6.57. The molecule has 0 aliphatic carbocycles. The molecular weight excluding hydrogens is 368 g/mol. The minimum Gasteiger partial charge on any atom is -0.494 e. The lowest BCUT2D eigenvalue weighted by molar-refractivity contribution is 0.0827. The Morgan fingerprint density at radius 1 is 1.10 bits per heavy atom. The van der Waals surface area contributed by atoms with Crippen LogP contribution in [0.5, 0.6) is 11.5 Å². The average molecular weight is 399 g/mol. The summed E-state index contributed by atoms with van der Waals surface area (Å²) in [6, 6.07) is 13.1. The molecule has 0 unspecified atom stereocenters. The van der Waals surface area contributed by atoms with E-state index in [4.69, 9.17) is 15.2 Å². The molecule has 0 aliphatic heterocycles. The van der Waals surface area contributed by atoms with Crippen molar-refractivity contribution >= 4 is 17.6 Å². The monoisotopic (exact) mass is 398 g/mol. The van der Waals surface area contributed by atoms with Crippen LogP contribution in [0.1, 0.15) is 29.8 Å². The van der Waals surface area contributed by atoms with E-state index in [-0.39, 0.29) is 5.91 Å². The first-order chi connectivity index (χ1) is 13.9. The first-order valence-corrected chi connectivity index (χ1v) is 9.71. The van der Waals surface area contributed by atoms with Crippen molar-refractivity contribution in [3.63, 3.8) is 0 Å². The first kappa shape index (κ1) is 22.1. The van der Waals surface area contributed by atoms with Gasteiger partial charge in [0.15, 0.2) is 5.96 Å². The molecule has 2 aromatic rings. The highest BCUT2D eigenvalue weighted by Crippen LogP contribution is 2.29. The fourth-order valence-corrected chi connectivity index (χ4v) is 2.75. The molecule has 0 saturated heterocycles. The molecule has 3 N–H and O–H groups in total. The van der Waals surface area contributed by atoms with E-state index in [1.54, 1.807) is 19.0 Å². The summed E-state index contributed by atoms with van der Waals surface area (Å²) >= 11 is 0. The maximum atomic E-state index is 12.1. The van der Waals surface area contributed by atoms with Crippen LogP contribution in [0.3, 0.4) is 0 Å². The molecule has 0 atom stereocenters. The van der Waals surface area contributed by atoms with E-state index in [2.05, 4.69) is 10.3 Å². The summed E-state index contributed by atoms with van der Waals surface area (Å²) < 4.78 is 11.2. The Morgan fingerprint density at radius 3 is 2.55 bits per heavy atom. The zero-order valence-electron chi connectivity index (χ0n) is 17.6. The van der Waals surface area contributed by atoms with E-state index >= 15 is 0 Å². The number of hydrogen-bond acceptors (Lipinski definition) is 4. The van der Waals surface area contributed by atoms with Crippen LogP contribution in [0.2, 0.25) is 0 Å². The third kappa shape index (κ3) is 6.71. The molecule has 7 nitrogen and oxygen atoms in total. The number of rotatable bonds is 9. The smallest absolute Gasteiger partial charge is 0.253 e. The summed E-state index contributed by atoms with van der Waals surface area (Å²) in [4.78, 5) is 18.0. The Bertz CT molecular complexity index is 850. The lowest BCUT2D eigenvalue weighted by atomic mass is 10.1. The van der Waals surface area contributed by atoms with Gasteiger partial charge >= 0.3 is 0 Å². The number of aliphatic imine (C=N–C) groups is 1. The lowest BCUT2D eigenvalue weighted by Gasteiger charge is -2.14. The van der Waals surface area contributed by atoms with Gasteiger partial charge < -0.3 is 25.4 Å². The highest BCUT2D eigenvalue weighted by molar-refractivity contribution is 5.94. The van der Waals surface area contributed by atoms with Gasteiger partial charge in [0.2, 0.25) is 0 Å². The molecule has 0 aliphatic rings. The molecule has 0 aromatic heterocycles. The van der Waals surface area contributed by atoms with Gasteiger partial charge in [0, 0.05) is 32.3 Å². The van der Waals surface area contributed by atoms with Crippen molar-refractivity contribution in [2.45, 2.75) is 20.3 Å². The summed E-state index contributed by atoms with van der Waals surface area (Å²) in [5, 5.41) is 3.09. The Morgan fingerprint density at radius 2 is 1.86 bits per heavy atom. The van der Waals surface area contributed by atoms with Gasteiger partial charge in [-0.3, -0.25) is 9.79 Å². The third-order valence-corrected chi connectivity index (χ3v) is 4.09. The van der Waals surface area contributed by atoms with Crippen molar-refractivity contribution in [3.05, 3.63) is 53.6 Å². The van der Waals surface area contributed by atoms with Gasteiger partial charge in [-0.1, -0.05) is 12.1 Å². The zero-order chi connectivity index (χ0) is 21.2. The van der Waals surface area contributed by atoms with Crippen LogP contribution in [0.25, 0.3) is 0 Å². The Kier molecular flexibility index (Phi) is 8.33. The SMILES string of the molecule is CCOc1ccc(OCC)c(NC(N)=NCCc2cccc(C(=O)N(C)C)c2)c1. The second kappa shape index (κ2) is 10.9. The molecule has 0 heterocycles. The number of nitrogens with one attached hydrogen (secondary N) is 1. The fraction of sp³-hybridized carbons (Fsp3) is 0.364. The van der Waals surface area contributed by atoms with Gasteiger partial charge in [0.05, 0.1) is 18.9 Å². The number of carbonyl (C=O) groups excluding carboxylic acids is 1. The van der Waals surface area contributed by atoms with Crippen molar-refractivity contribution in [3.8, 4) is 11.5 Å². The number of benzene rings is 2. The average Bonchev–Trinajstić information content (AvgIpc) is 2.70. The number of guanidine groups is 1. The van der Waals surface area contributed by atoms with Gasteiger partial charge in [-0.15, -0.1) is 0 Å². The van der Waals surface area contributed by atoms with Gasteiger partial charge in [-0.2, -0.15) is 0 Å². The Balaban J connectivity index is 2.03. The summed E-state index contributed by atoms with van der Waals surface area (Å²) in [6.07, 6.45) is 0.675. The van der Waals surface area contributed by atoms with Crippen LogP contribution in [0.4, 0.5) is 5.69 Å². The zero-order valence-corrected chi connectivity index (χ0v) is 17.6. The molecule has 0 saturated carbocycles. The molecular formula is C22H30N4O3. The lowest BCUT2D eigenvalue weighted by Crippen LogP contribution is -2.23. The molecule has 0 radical (unpaired) electrons. The summed E-state index contributed by atoms with van der Waals surface area (Å²) in [7, 11) is 3.48. The largest absolute Gasteiger partial charge is 0.494 e. The summed E-state index contributed by atoms with van der Waals surface area (Å²) in [5.41, 5.74) is 8.46. The van der Waals surface area contributed by atoms with Crippen LogP contribution in [-0.2, 0) is 6.42 Å². The van der Waals surface area contributed by atoms with Crippen molar-refractivity contribution in [1.82, 2.24) is 4.90 Å². The van der Waals surface area contributed by atoms with Crippen LogP contribution in [-0.4, -0.2) is 50.6 Å². The molecule has 0 fully saturated rings. The van der Waals surface area contributed by atoms with E-state index in [0.29, 0.717) is 49.1 Å². The fourth-order valence-electron chi connectivity index (χ4n) is 2.75. The van der Waals surface area contributed by atoms with Gasteiger partial charge in [0.25, 0.3) is 5.91 Å². The van der Waals surface area contributed by atoms with Gasteiger partial charge in [-0.05, 0) is 50.1 Å². The van der Waals surface area contributed by atoms with Crippen molar-refractivity contribution in [2.75, 3.05) is 39.2 Å². The number of nitrogens with zero attached hydrogens (tertiary/aromatic N) is 2. The molecule has 156 valence electrons. The predicted octanol–water partition coefficient (Wildman–Crippen LogP) is 3.16. The predicted molar refractivity (Wildman–Crippen MR) is 117 cm³/mol. The highest BCUT2D eigenvalue weighted by Gasteiger charge is 2.09. The van der Waals surface area contributed by atoms with Crippen molar-refractivity contribution < 1.29 is 14.3 Å². The van der Waals surface area contributed by atoms with E-state index in [9.17, 15) is 4.79 Å². The van der Waals surface area contributed by atoms with Crippen molar-refractivity contribution in [2.24, 2.45) is 10.7 Å². The standard InChI is InChI=1S/C22H30N4O3/c1-5-28-18-10-11-20(29-6-2)19(15-18)25-22(23)24-13-12-16-8-7-9-17(14-16)21(27)26(3)4/h7-11,14-15H,5-6,12-13H2,1-4H3,(H3,23,24,25). The maximum Gasteiger partial charge on any atom is 0.253 e. The minimum atomic E-state index is -0.0193. The van der Waals surface area contributed by atoms with E-state index in [1.165, 1.54) is 0 Å². The molecule has 0 bridgehead atoms. The summed E-state index contributed by atoms with van der Waals surface area (Å²) in [6.45, 7) is 5.47. The van der Waals surface area contributed by atoms with Crippen LogP contribution in [0, 0.1) is 0 Å². The quantitative estimate of drug-likeness (QED) is 0.500. The van der Waals surface area contributed by atoms with Crippen molar-refractivity contribution in [1.29, 1.82) is 0 Å². The summed E-state index contributed by atoms with van der Waals surface area (Å²) in [5.74, 6) is 1.69. The molecule has 2 rings (SSSR count). The second-order valence-corrected chi connectivity index (χ2v) is 6.57. The number of ether oxygens (including phenoxy) is 2. The molecule has 1 amide bonds. The van der Waals surface area contributed by atoms with Gasteiger partial charge in [0.1, 0.15) is 11.5 Å². The Labute approximate surface area is 172 Å². The molecule has 0 spiro atoms. The highest BCUT2D eigenvalue weighted by atomic mass is 16.5. The van der Waals surface area contributed by atoms with E-state index in [0.717, 1.165) is 11.3 Å². The van der Waals surface area contributed by atoms with Gasteiger partial charge in [-0.25, -0.2) is 0 Å². The first-order valence-electron chi connectivity index (χ1n) is 9.71. The molecule has 7 heteroatoms. The number of hydrogen-bond donors (Lipinski definition) is 2. The minimum absolute atomic E-state index is 0.0193. The van der Waals surface area contributed by atoms with E-state index < -0.39 is 0 Å². The molecule has 2 aromatic carbocycles. The normalized spacial score (nSPS) is 11.1. The van der Waals surface area contributed by atoms with Crippen LogP contribution in [0.15, 0.2) is 47.5 Å². The topological polar surface area (TPSA) is 89.2 Å². The number of anilines is 1. The Hall–Kier alpha value is -3.22. The van der Waals surface area contributed by atoms with E-state index in [1.807, 2.05) is 56.3 Å². The third-order valence-electron chi connectivity index (χ3n) is 4.09.